The van der Waals surface area contributed by atoms with E-state index in [4.69, 9.17) is 9.15 Å². The van der Waals surface area contributed by atoms with Crippen LogP contribution in [0.5, 0.6) is 5.75 Å². The second-order valence-corrected chi connectivity index (χ2v) is 7.49. The van der Waals surface area contributed by atoms with Gasteiger partial charge in [0.05, 0.1) is 6.61 Å². The number of allylic oxidation sites excluding steroid dienone is 1. The average molecular weight is 396 g/mol. The lowest BCUT2D eigenvalue weighted by atomic mass is 10.0. The highest BCUT2D eigenvalue weighted by Crippen LogP contribution is 2.35. The fourth-order valence-corrected chi connectivity index (χ4v) is 3.49. The number of aryl methyl sites for hydroxylation is 2. The van der Waals surface area contributed by atoms with Crippen LogP contribution >= 0.6 is 11.8 Å². The Morgan fingerprint density at radius 1 is 1.21 bits per heavy atom. The molecule has 146 valence electrons. The first-order valence-electron chi connectivity index (χ1n) is 9.23. The first-order chi connectivity index (χ1) is 13.4. The molecule has 1 heterocycles. The molecule has 0 aliphatic heterocycles. The predicted molar refractivity (Wildman–Crippen MR) is 117 cm³/mol. The first kappa shape index (κ1) is 20.1. The van der Waals surface area contributed by atoms with Gasteiger partial charge in [-0.05, 0) is 75.4 Å². The Bertz CT molecular complexity index is 1030. The van der Waals surface area contributed by atoms with Gasteiger partial charge in [0.2, 0.25) is 5.91 Å². The summed E-state index contributed by atoms with van der Waals surface area (Å²) in [6.45, 7) is 8.39. The number of ether oxygens (including phenoxy) is 1. The van der Waals surface area contributed by atoms with Crippen LogP contribution in [0.2, 0.25) is 0 Å². The minimum Gasteiger partial charge on any atom is -0.493 e. The average Bonchev–Trinajstić information content (AvgIpc) is 2.95. The minimum absolute atomic E-state index is 0.169. The highest BCUT2D eigenvalue weighted by atomic mass is 32.2. The van der Waals surface area contributed by atoms with E-state index >= 15 is 0 Å². The summed E-state index contributed by atoms with van der Waals surface area (Å²) in [5.41, 5.74) is 4.40. The SMILES string of the molecule is CCOc1cc2oc(C)c(C)c2cc1/C(C)=C/C(=O)Nc1ccc(SC)cc1. The van der Waals surface area contributed by atoms with Crippen LogP contribution in [0.25, 0.3) is 16.5 Å². The van der Waals surface area contributed by atoms with Crippen molar-refractivity contribution in [3.05, 3.63) is 59.4 Å². The van der Waals surface area contributed by atoms with Crippen LogP contribution in [-0.4, -0.2) is 18.8 Å². The molecule has 0 unspecified atom stereocenters. The van der Waals surface area contributed by atoms with Crippen molar-refractivity contribution in [3.63, 3.8) is 0 Å². The molecule has 4 nitrogen and oxygen atoms in total. The first-order valence-corrected chi connectivity index (χ1v) is 10.5. The largest absolute Gasteiger partial charge is 0.493 e. The van der Waals surface area contributed by atoms with Gasteiger partial charge in [0, 0.05) is 33.7 Å². The normalized spacial score (nSPS) is 11.7. The van der Waals surface area contributed by atoms with Crippen LogP contribution in [-0.2, 0) is 4.79 Å². The quantitative estimate of drug-likeness (QED) is 0.398. The van der Waals surface area contributed by atoms with Crippen molar-refractivity contribution in [3.8, 4) is 5.75 Å². The molecule has 1 N–H and O–H groups in total. The summed E-state index contributed by atoms with van der Waals surface area (Å²) in [6.07, 6.45) is 3.63. The molecule has 0 aliphatic carbocycles. The van der Waals surface area contributed by atoms with Gasteiger partial charge in [0.15, 0.2) is 0 Å². The Morgan fingerprint density at radius 2 is 1.93 bits per heavy atom. The molecule has 1 aromatic heterocycles. The lowest BCUT2D eigenvalue weighted by Gasteiger charge is -2.11. The van der Waals surface area contributed by atoms with E-state index in [0.717, 1.165) is 49.8 Å². The molecule has 1 amide bonds. The summed E-state index contributed by atoms with van der Waals surface area (Å²) < 4.78 is 11.6. The van der Waals surface area contributed by atoms with E-state index in [1.807, 2.05) is 70.3 Å². The zero-order valence-electron chi connectivity index (χ0n) is 16.9. The lowest BCUT2D eigenvalue weighted by molar-refractivity contribution is -0.111. The molecule has 3 aromatic rings. The molecule has 0 saturated carbocycles. The van der Waals surface area contributed by atoms with Gasteiger partial charge in [0.25, 0.3) is 0 Å². The smallest absolute Gasteiger partial charge is 0.248 e. The van der Waals surface area contributed by atoms with Crippen LogP contribution in [0.3, 0.4) is 0 Å². The van der Waals surface area contributed by atoms with Crippen molar-refractivity contribution in [1.29, 1.82) is 0 Å². The molecule has 0 radical (unpaired) electrons. The molecule has 0 spiro atoms. The second kappa shape index (κ2) is 8.57. The van der Waals surface area contributed by atoms with Crippen LogP contribution in [0.15, 0.2) is 51.8 Å². The van der Waals surface area contributed by atoms with E-state index in [1.165, 1.54) is 0 Å². The molecule has 5 heteroatoms. The molecule has 0 saturated heterocycles. The van der Waals surface area contributed by atoms with Crippen LogP contribution < -0.4 is 10.1 Å². The molecule has 2 aromatic carbocycles. The number of carbonyl (C=O) groups excluding carboxylic acids is 1. The van der Waals surface area contributed by atoms with Crippen molar-refractivity contribution in [2.24, 2.45) is 0 Å². The Kier molecular flexibility index (Phi) is 6.15. The maximum absolute atomic E-state index is 12.5. The Labute approximate surface area is 170 Å². The third-order valence-corrected chi connectivity index (χ3v) is 5.45. The monoisotopic (exact) mass is 395 g/mol. The third kappa shape index (κ3) is 4.25. The number of furan rings is 1. The highest BCUT2D eigenvalue weighted by molar-refractivity contribution is 7.98. The Hall–Kier alpha value is -2.66. The number of anilines is 1. The zero-order chi connectivity index (χ0) is 20.3. The third-order valence-electron chi connectivity index (χ3n) is 4.71. The number of fused-ring (bicyclic) bond motifs is 1. The predicted octanol–water partition coefficient (Wildman–Crippen LogP) is 6.21. The number of carbonyl (C=O) groups is 1. The Morgan fingerprint density at radius 3 is 2.57 bits per heavy atom. The number of hydrogen-bond acceptors (Lipinski definition) is 4. The van der Waals surface area contributed by atoms with Gasteiger partial charge in [-0.25, -0.2) is 0 Å². The van der Waals surface area contributed by atoms with Gasteiger partial charge in [0.1, 0.15) is 17.1 Å². The summed E-state index contributed by atoms with van der Waals surface area (Å²) in [5, 5.41) is 3.95. The number of amides is 1. The van der Waals surface area contributed by atoms with Gasteiger partial charge in [-0.15, -0.1) is 11.8 Å². The summed E-state index contributed by atoms with van der Waals surface area (Å²) >= 11 is 1.67. The van der Waals surface area contributed by atoms with Crippen molar-refractivity contribution in [2.45, 2.75) is 32.6 Å². The molecule has 0 bridgehead atoms. The van der Waals surface area contributed by atoms with E-state index in [1.54, 1.807) is 17.8 Å². The summed E-state index contributed by atoms with van der Waals surface area (Å²) in [7, 11) is 0. The highest BCUT2D eigenvalue weighted by Gasteiger charge is 2.14. The van der Waals surface area contributed by atoms with E-state index in [-0.39, 0.29) is 5.91 Å². The van der Waals surface area contributed by atoms with E-state index < -0.39 is 0 Å². The van der Waals surface area contributed by atoms with E-state index in [9.17, 15) is 4.79 Å². The lowest BCUT2D eigenvalue weighted by Crippen LogP contribution is -2.08. The van der Waals surface area contributed by atoms with Crippen molar-refractivity contribution < 1.29 is 13.9 Å². The number of hydrogen-bond donors (Lipinski definition) is 1. The zero-order valence-corrected chi connectivity index (χ0v) is 17.7. The van der Waals surface area contributed by atoms with Crippen molar-refractivity contribution in [2.75, 3.05) is 18.2 Å². The minimum atomic E-state index is -0.169. The van der Waals surface area contributed by atoms with E-state index in [0.29, 0.717) is 6.61 Å². The second-order valence-electron chi connectivity index (χ2n) is 6.61. The molecule has 3 rings (SSSR count). The maximum atomic E-state index is 12.5. The Balaban J connectivity index is 1.91. The fraction of sp³-hybridized carbons (Fsp3) is 0.261. The number of thioether (sulfide) groups is 1. The number of rotatable bonds is 6. The van der Waals surface area contributed by atoms with Crippen molar-refractivity contribution in [1.82, 2.24) is 0 Å². The standard InChI is InChI=1S/C23H25NO3S/c1-6-26-21-13-22-20(15(3)16(4)27-22)12-19(21)14(2)11-23(25)24-17-7-9-18(28-5)10-8-17/h7-13H,6H2,1-5H3,(H,24,25)/b14-11+. The van der Waals surface area contributed by atoms with Gasteiger partial charge in [-0.3, -0.25) is 4.79 Å². The molecule has 28 heavy (non-hydrogen) atoms. The van der Waals surface area contributed by atoms with E-state index in [2.05, 4.69) is 5.32 Å². The maximum Gasteiger partial charge on any atom is 0.248 e. The topological polar surface area (TPSA) is 51.5 Å². The summed E-state index contributed by atoms with van der Waals surface area (Å²) in [6, 6.07) is 11.7. The summed E-state index contributed by atoms with van der Waals surface area (Å²) in [4.78, 5) is 13.7. The molecule has 0 atom stereocenters. The van der Waals surface area contributed by atoms with Gasteiger partial charge >= 0.3 is 0 Å². The van der Waals surface area contributed by atoms with Gasteiger partial charge in [-0.1, -0.05) is 0 Å². The van der Waals surface area contributed by atoms with Crippen LogP contribution in [0.4, 0.5) is 5.69 Å². The van der Waals surface area contributed by atoms with Gasteiger partial charge < -0.3 is 14.5 Å². The molecular formula is C23H25NO3S. The van der Waals surface area contributed by atoms with Gasteiger partial charge in [-0.2, -0.15) is 0 Å². The molecule has 0 aliphatic rings. The van der Waals surface area contributed by atoms with Crippen LogP contribution in [0.1, 0.15) is 30.7 Å². The van der Waals surface area contributed by atoms with Crippen LogP contribution in [0, 0.1) is 13.8 Å². The number of nitrogens with one attached hydrogen (secondary N) is 1. The molecular weight excluding hydrogens is 370 g/mol. The summed E-state index contributed by atoms with van der Waals surface area (Å²) in [5.74, 6) is 1.44. The number of benzene rings is 2. The van der Waals surface area contributed by atoms with Crippen molar-refractivity contribution >= 4 is 39.9 Å². The molecule has 0 fully saturated rings. The fourth-order valence-electron chi connectivity index (χ4n) is 3.08.